The number of aromatic amines is 1. The molecule has 0 aliphatic heterocycles. The average Bonchev–Trinajstić information content (AvgIpc) is 2.26. The molecule has 0 bridgehead atoms. The van der Waals surface area contributed by atoms with Crippen LogP contribution in [0, 0.1) is 12.3 Å². The van der Waals surface area contributed by atoms with Crippen molar-refractivity contribution in [2.24, 2.45) is 0 Å². The van der Waals surface area contributed by atoms with E-state index in [9.17, 15) is 9.59 Å². The second-order valence-corrected chi connectivity index (χ2v) is 4.85. The molecule has 6 nitrogen and oxygen atoms in total. The maximum absolute atomic E-state index is 12.1. The SMILES string of the molecule is CCOC(=O)c1c(C)c(C(C)=N)c(NC(C)C)[nH]c1=O. The zero-order valence-electron chi connectivity index (χ0n) is 12.5. The molecule has 0 saturated carbocycles. The first-order valence-corrected chi connectivity index (χ1v) is 6.55. The molecule has 0 atom stereocenters. The predicted molar refractivity (Wildman–Crippen MR) is 79.0 cm³/mol. The Morgan fingerprint density at radius 2 is 2.00 bits per heavy atom. The van der Waals surface area contributed by atoms with Crippen molar-refractivity contribution in [1.29, 1.82) is 5.41 Å². The van der Waals surface area contributed by atoms with Crippen LogP contribution in [0.1, 0.15) is 49.2 Å². The Bertz CT molecular complexity index is 588. The highest BCUT2D eigenvalue weighted by molar-refractivity contribution is 6.04. The van der Waals surface area contributed by atoms with Crippen LogP contribution < -0.4 is 10.9 Å². The first-order chi connectivity index (χ1) is 9.29. The van der Waals surface area contributed by atoms with Crippen LogP contribution in [-0.4, -0.2) is 29.3 Å². The molecule has 0 spiro atoms. The summed E-state index contributed by atoms with van der Waals surface area (Å²) >= 11 is 0. The minimum Gasteiger partial charge on any atom is -0.462 e. The molecule has 0 unspecified atom stereocenters. The number of hydrogen-bond donors (Lipinski definition) is 3. The van der Waals surface area contributed by atoms with E-state index < -0.39 is 11.5 Å². The first kappa shape index (κ1) is 15.9. The summed E-state index contributed by atoms with van der Waals surface area (Å²) in [7, 11) is 0. The highest BCUT2D eigenvalue weighted by Gasteiger charge is 2.22. The van der Waals surface area contributed by atoms with Crippen LogP contribution in [0.2, 0.25) is 0 Å². The number of ether oxygens (including phenoxy) is 1. The van der Waals surface area contributed by atoms with Gasteiger partial charge >= 0.3 is 5.97 Å². The Kier molecular flexibility index (Phi) is 5.07. The van der Waals surface area contributed by atoms with Crippen molar-refractivity contribution in [2.75, 3.05) is 11.9 Å². The highest BCUT2D eigenvalue weighted by Crippen LogP contribution is 2.20. The van der Waals surface area contributed by atoms with Crippen LogP contribution in [0.25, 0.3) is 0 Å². The van der Waals surface area contributed by atoms with Crippen molar-refractivity contribution < 1.29 is 9.53 Å². The molecule has 6 heteroatoms. The van der Waals surface area contributed by atoms with Crippen LogP contribution in [0.15, 0.2) is 4.79 Å². The molecule has 20 heavy (non-hydrogen) atoms. The van der Waals surface area contributed by atoms with Crippen molar-refractivity contribution in [2.45, 2.75) is 40.7 Å². The molecule has 0 aliphatic rings. The highest BCUT2D eigenvalue weighted by atomic mass is 16.5. The summed E-state index contributed by atoms with van der Waals surface area (Å²) in [5.41, 5.74) is 0.716. The monoisotopic (exact) mass is 279 g/mol. The summed E-state index contributed by atoms with van der Waals surface area (Å²) in [6.45, 7) is 8.99. The number of anilines is 1. The summed E-state index contributed by atoms with van der Waals surface area (Å²) in [6, 6.07) is 0.0941. The van der Waals surface area contributed by atoms with Crippen molar-refractivity contribution in [3.63, 3.8) is 0 Å². The smallest absolute Gasteiger partial charge is 0.344 e. The van der Waals surface area contributed by atoms with Gasteiger partial charge in [-0.1, -0.05) is 0 Å². The quantitative estimate of drug-likeness (QED) is 0.568. The number of rotatable bonds is 5. The maximum Gasteiger partial charge on any atom is 0.344 e. The molecule has 1 rings (SSSR count). The molecule has 3 N–H and O–H groups in total. The van der Waals surface area contributed by atoms with Crippen molar-refractivity contribution in [1.82, 2.24) is 4.98 Å². The van der Waals surface area contributed by atoms with Gasteiger partial charge in [-0.25, -0.2) is 4.79 Å². The van der Waals surface area contributed by atoms with E-state index in [1.54, 1.807) is 20.8 Å². The fourth-order valence-corrected chi connectivity index (χ4v) is 2.04. The number of hydrogen-bond acceptors (Lipinski definition) is 5. The molecule has 0 saturated heterocycles. The van der Waals surface area contributed by atoms with E-state index in [-0.39, 0.29) is 23.9 Å². The van der Waals surface area contributed by atoms with Crippen molar-refractivity contribution >= 4 is 17.5 Å². The average molecular weight is 279 g/mol. The van der Waals surface area contributed by atoms with Gasteiger partial charge in [-0.2, -0.15) is 0 Å². The van der Waals surface area contributed by atoms with E-state index in [2.05, 4.69) is 10.3 Å². The molecule has 0 fully saturated rings. The molecule has 110 valence electrons. The van der Waals surface area contributed by atoms with E-state index in [0.717, 1.165) is 0 Å². The number of aromatic nitrogens is 1. The topological polar surface area (TPSA) is 95.0 Å². The minimum atomic E-state index is -0.662. The molecular weight excluding hydrogens is 258 g/mol. The van der Waals surface area contributed by atoms with Gasteiger partial charge in [0.25, 0.3) is 5.56 Å². The lowest BCUT2D eigenvalue weighted by molar-refractivity contribution is 0.0523. The Morgan fingerprint density at radius 3 is 2.45 bits per heavy atom. The van der Waals surface area contributed by atoms with Gasteiger partial charge in [-0.05, 0) is 40.2 Å². The zero-order chi connectivity index (χ0) is 15.4. The summed E-state index contributed by atoms with van der Waals surface area (Å²) in [5.74, 6) is -0.201. The van der Waals surface area contributed by atoms with Gasteiger partial charge in [0.05, 0.1) is 6.61 Å². The molecule has 0 radical (unpaired) electrons. The Hall–Kier alpha value is -2.11. The Labute approximate surface area is 118 Å². The van der Waals surface area contributed by atoms with Gasteiger partial charge in [0, 0.05) is 17.3 Å². The van der Waals surface area contributed by atoms with Crippen LogP contribution in [-0.2, 0) is 4.74 Å². The lowest BCUT2D eigenvalue weighted by Gasteiger charge is -2.17. The summed E-state index contributed by atoms with van der Waals surface area (Å²) in [5, 5.41) is 10.9. The van der Waals surface area contributed by atoms with Gasteiger partial charge in [-0.15, -0.1) is 0 Å². The van der Waals surface area contributed by atoms with Crippen molar-refractivity contribution in [3.8, 4) is 0 Å². The van der Waals surface area contributed by atoms with Gasteiger partial charge in [0.2, 0.25) is 0 Å². The van der Waals surface area contributed by atoms with E-state index in [0.29, 0.717) is 16.9 Å². The van der Waals surface area contributed by atoms with Crippen LogP contribution in [0.4, 0.5) is 5.82 Å². The lowest BCUT2D eigenvalue weighted by Crippen LogP contribution is -2.27. The maximum atomic E-state index is 12.1. The fraction of sp³-hybridized carbons (Fsp3) is 0.500. The van der Waals surface area contributed by atoms with Gasteiger partial charge in [0.1, 0.15) is 11.4 Å². The number of esters is 1. The number of carbonyl (C=O) groups excluding carboxylic acids is 1. The third-order valence-corrected chi connectivity index (χ3v) is 2.75. The lowest BCUT2D eigenvalue weighted by atomic mass is 10.0. The van der Waals surface area contributed by atoms with E-state index in [1.165, 1.54) is 0 Å². The molecule has 0 aromatic carbocycles. The van der Waals surface area contributed by atoms with Crippen molar-refractivity contribution in [3.05, 3.63) is 27.0 Å². The van der Waals surface area contributed by atoms with E-state index in [1.807, 2.05) is 13.8 Å². The Morgan fingerprint density at radius 1 is 1.40 bits per heavy atom. The summed E-state index contributed by atoms with van der Waals surface area (Å²) < 4.78 is 4.90. The largest absolute Gasteiger partial charge is 0.462 e. The molecular formula is C14H21N3O3. The minimum absolute atomic E-state index is 0.0391. The Balaban J connectivity index is 3.52. The normalized spacial score (nSPS) is 10.5. The van der Waals surface area contributed by atoms with Crippen LogP contribution in [0.5, 0.6) is 0 Å². The van der Waals surface area contributed by atoms with Gasteiger partial charge < -0.3 is 20.4 Å². The number of nitrogens with one attached hydrogen (secondary N) is 3. The van der Waals surface area contributed by atoms with Gasteiger partial charge in [-0.3, -0.25) is 4.79 Å². The second kappa shape index (κ2) is 6.36. The molecule has 1 heterocycles. The van der Waals surface area contributed by atoms with Crippen LogP contribution in [0.3, 0.4) is 0 Å². The second-order valence-electron chi connectivity index (χ2n) is 4.85. The molecule has 0 amide bonds. The number of carbonyl (C=O) groups is 1. The van der Waals surface area contributed by atoms with Gasteiger partial charge in [0.15, 0.2) is 0 Å². The zero-order valence-corrected chi connectivity index (χ0v) is 12.5. The summed E-state index contributed by atoms with van der Waals surface area (Å²) in [6.07, 6.45) is 0. The third-order valence-electron chi connectivity index (χ3n) is 2.75. The summed E-state index contributed by atoms with van der Waals surface area (Å²) in [4.78, 5) is 26.6. The number of pyridine rings is 1. The standard InChI is InChI=1S/C14H21N3O3/c1-6-20-14(19)11-8(4)10(9(5)15)12(16-7(2)3)17-13(11)18/h7,15H,6H2,1-5H3,(H2,16,17,18). The van der Waals surface area contributed by atoms with Crippen LogP contribution >= 0.6 is 0 Å². The van der Waals surface area contributed by atoms with E-state index >= 15 is 0 Å². The predicted octanol–water partition coefficient (Wildman–Crippen LogP) is 2.07. The first-order valence-electron chi connectivity index (χ1n) is 6.55. The molecule has 1 aromatic rings. The molecule has 0 aliphatic carbocycles. The van der Waals surface area contributed by atoms with E-state index in [4.69, 9.17) is 10.1 Å². The fourth-order valence-electron chi connectivity index (χ4n) is 2.04. The molecule has 1 aromatic heterocycles. The number of H-pyrrole nitrogens is 1. The third kappa shape index (κ3) is 3.26.